The van der Waals surface area contributed by atoms with E-state index in [1.165, 1.54) is 6.07 Å². The Labute approximate surface area is 105 Å². The summed E-state index contributed by atoms with van der Waals surface area (Å²) in [5.41, 5.74) is 0. The van der Waals surface area contributed by atoms with Crippen molar-refractivity contribution < 1.29 is 13.2 Å². The zero-order valence-corrected chi connectivity index (χ0v) is 11.6. The van der Waals surface area contributed by atoms with E-state index in [1.807, 2.05) is 13.8 Å². The van der Waals surface area contributed by atoms with E-state index in [4.69, 9.17) is 5.14 Å². The van der Waals surface area contributed by atoms with Crippen LogP contribution in [0.1, 0.15) is 28.4 Å². The summed E-state index contributed by atoms with van der Waals surface area (Å²) in [6.45, 7) is 6.15. The van der Waals surface area contributed by atoms with Gasteiger partial charge in [0.15, 0.2) is 0 Å². The lowest BCUT2D eigenvalue weighted by molar-refractivity contribution is 0.0953. The fourth-order valence-electron chi connectivity index (χ4n) is 1.24. The average Bonchev–Trinajstić information content (AvgIpc) is 2.56. The van der Waals surface area contributed by atoms with Gasteiger partial charge in [-0.2, -0.15) is 0 Å². The Morgan fingerprint density at radius 1 is 1.53 bits per heavy atom. The first kappa shape index (κ1) is 14.1. The number of sulfonamides is 1. The number of nitrogens with one attached hydrogen (secondary N) is 1. The predicted octanol–water partition coefficient (Wildman–Crippen LogP) is 1.09. The standard InChI is InChI=1S/C10H16N2O3S2/c1-6(2)5-12-10(13)8-4-9(7(3)16-8)17(11,14)15/h4,6H,5H2,1-3H3,(H,12,13)(H2,11,14,15). The molecular formula is C10H16N2O3S2. The lowest BCUT2D eigenvalue weighted by Gasteiger charge is -2.05. The highest BCUT2D eigenvalue weighted by atomic mass is 32.2. The van der Waals surface area contributed by atoms with Crippen LogP contribution in [0.25, 0.3) is 0 Å². The summed E-state index contributed by atoms with van der Waals surface area (Å²) < 4.78 is 22.4. The molecule has 0 saturated carbocycles. The van der Waals surface area contributed by atoms with Gasteiger partial charge in [0.25, 0.3) is 5.91 Å². The molecule has 1 heterocycles. The number of hydrogen-bond acceptors (Lipinski definition) is 4. The minimum atomic E-state index is -3.75. The van der Waals surface area contributed by atoms with E-state index in [2.05, 4.69) is 5.32 Å². The van der Waals surface area contributed by atoms with Gasteiger partial charge in [0.1, 0.15) is 0 Å². The zero-order valence-electron chi connectivity index (χ0n) is 9.98. The molecule has 0 spiro atoms. The van der Waals surface area contributed by atoms with Gasteiger partial charge < -0.3 is 5.32 Å². The van der Waals surface area contributed by atoms with Crippen molar-refractivity contribution in [3.05, 3.63) is 15.8 Å². The number of hydrogen-bond donors (Lipinski definition) is 2. The van der Waals surface area contributed by atoms with E-state index in [1.54, 1.807) is 6.92 Å². The molecule has 0 fully saturated rings. The third-order valence-corrected chi connectivity index (χ3v) is 4.29. The molecule has 0 atom stereocenters. The summed E-state index contributed by atoms with van der Waals surface area (Å²) >= 11 is 1.13. The molecule has 0 bridgehead atoms. The first-order valence-corrected chi connectivity index (χ1v) is 7.49. The number of primary sulfonamides is 1. The summed E-state index contributed by atoms with van der Waals surface area (Å²) in [7, 11) is -3.75. The summed E-state index contributed by atoms with van der Waals surface area (Å²) in [4.78, 5) is 12.6. The van der Waals surface area contributed by atoms with Crippen LogP contribution in [0, 0.1) is 12.8 Å². The molecular weight excluding hydrogens is 260 g/mol. The third-order valence-electron chi connectivity index (χ3n) is 2.07. The Kier molecular flexibility index (Phi) is 4.29. The molecule has 1 rings (SSSR count). The van der Waals surface area contributed by atoms with Crippen molar-refractivity contribution in [3.63, 3.8) is 0 Å². The number of carbonyl (C=O) groups excluding carboxylic acids is 1. The van der Waals surface area contributed by atoms with Crippen LogP contribution in [0.3, 0.4) is 0 Å². The van der Waals surface area contributed by atoms with Crippen molar-refractivity contribution in [1.29, 1.82) is 0 Å². The molecule has 0 unspecified atom stereocenters. The molecule has 0 aromatic carbocycles. The maximum Gasteiger partial charge on any atom is 0.261 e. The molecule has 0 saturated heterocycles. The Morgan fingerprint density at radius 2 is 2.12 bits per heavy atom. The topological polar surface area (TPSA) is 89.3 Å². The van der Waals surface area contributed by atoms with E-state index in [9.17, 15) is 13.2 Å². The minimum Gasteiger partial charge on any atom is -0.351 e. The number of carbonyl (C=O) groups is 1. The van der Waals surface area contributed by atoms with E-state index >= 15 is 0 Å². The quantitative estimate of drug-likeness (QED) is 0.862. The Balaban J connectivity index is 2.91. The summed E-state index contributed by atoms with van der Waals surface area (Å²) in [6.07, 6.45) is 0. The van der Waals surface area contributed by atoms with Crippen LogP contribution in [0.4, 0.5) is 0 Å². The van der Waals surface area contributed by atoms with E-state index in [0.29, 0.717) is 22.2 Å². The first-order valence-electron chi connectivity index (χ1n) is 5.13. The van der Waals surface area contributed by atoms with Gasteiger partial charge in [0.2, 0.25) is 10.0 Å². The molecule has 0 aliphatic rings. The average molecular weight is 276 g/mol. The predicted molar refractivity (Wildman–Crippen MR) is 67.6 cm³/mol. The molecule has 0 aliphatic carbocycles. The van der Waals surface area contributed by atoms with Gasteiger partial charge in [0.05, 0.1) is 9.77 Å². The highest BCUT2D eigenvalue weighted by Gasteiger charge is 2.18. The second-order valence-corrected chi connectivity index (χ2v) is 6.97. The van der Waals surface area contributed by atoms with Crippen molar-refractivity contribution in [2.24, 2.45) is 11.1 Å². The number of thiophene rings is 1. The Morgan fingerprint density at radius 3 is 2.53 bits per heavy atom. The molecule has 0 radical (unpaired) electrons. The minimum absolute atomic E-state index is 0.0252. The molecule has 1 aromatic rings. The van der Waals surface area contributed by atoms with Crippen LogP contribution in [-0.4, -0.2) is 20.9 Å². The van der Waals surface area contributed by atoms with Gasteiger partial charge in [-0.1, -0.05) is 13.8 Å². The largest absolute Gasteiger partial charge is 0.351 e. The van der Waals surface area contributed by atoms with Crippen LogP contribution in [0.5, 0.6) is 0 Å². The van der Waals surface area contributed by atoms with Gasteiger partial charge in [-0.05, 0) is 18.9 Å². The van der Waals surface area contributed by atoms with Crippen LogP contribution >= 0.6 is 11.3 Å². The van der Waals surface area contributed by atoms with Gasteiger partial charge in [-0.25, -0.2) is 13.6 Å². The summed E-state index contributed by atoms with van der Waals surface area (Å²) in [6, 6.07) is 1.32. The SMILES string of the molecule is Cc1sc(C(=O)NCC(C)C)cc1S(N)(=O)=O. The lowest BCUT2D eigenvalue weighted by atomic mass is 10.2. The maximum atomic E-state index is 11.7. The van der Waals surface area contributed by atoms with E-state index in [0.717, 1.165) is 11.3 Å². The van der Waals surface area contributed by atoms with Crippen LogP contribution in [0.15, 0.2) is 11.0 Å². The van der Waals surface area contributed by atoms with Crippen molar-refractivity contribution in [1.82, 2.24) is 5.32 Å². The van der Waals surface area contributed by atoms with Crippen molar-refractivity contribution in [2.75, 3.05) is 6.54 Å². The highest BCUT2D eigenvalue weighted by Crippen LogP contribution is 2.24. The van der Waals surface area contributed by atoms with Crippen LogP contribution < -0.4 is 10.5 Å². The maximum absolute atomic E-state index is 11.7. The number of amides is 1. The molecule has 0 aliphatic heterocycles. The molecule has 17 heavy (non-hydrogen) atoms. The Bertz CT molecular complexity index is 518. The second-order valence-electron chi connectivity index (χ2n) is 4.18. The third kappa shape index (κ3) is 3.79. The molecule has 5 nitrogen and oxygen atoms in total. The van der Waals surface area contributed by atoms with Crippen molar-refractivity contribution in [3.8, 4) is 0 Å². The fourth-order valence-corrected chi connectivity index (χ4v) is 3.31. The number of rotatable bonds is 4. The lowest BCUT2D eigenvalue weighted by Crippen LogP contribution is -2.26. The molecule has 1 aromatic heterocycles. The highest BCUT2D eigenvalue weighted by molar-refractivity contribution is 7.89. The number of aryl methyl sites for hydroxylation is 1. The van der Waals surface area contributed by atoms with Gasteiger partial charge in [-0.3, -0.25) is 4.79 Å². The summed E-state index contributed by atoms with van der Waals surface area (Å²) in [5.74, 6) is 0.0828. The van der Waals surface area contributed by atoms with Crippen molar-refractivity contribution >= 4 is 27.3 Å². The molecule has 96 valence electrons. The van der Waals surface area contributed by atoms with Gasteiger partial charge >= 0.3 is 0 Å². The summed E-state index contributed by atoms with van der Waals surface area (Å²) in [5, 5.41) is 7.77. The number of nitrogens with two attached hydrogens (primary N) is 1. The first-order chi connectivity index (χ1) is 7.71. The fraction of sp³-hybridized carbons (Fsp3) is 0.500. The Hall–Kier alpha value is -0.920. The molecule has 3 N–H and O–H groups in total. The monoisotopic (exact) mass is 276 g/mol. The van der Waals surface area contributed by atoms with E-state index < -0.39 is 10.0 Å². The normalized spacial score (nSPS) is 11.8. The van der Waals surface area contributed by atoms with E-state index in [-0.39, 0.29) is 10.8 Å². The van der Waals surface area contributed by atoms with Crippen LogP contribution in [0.2, 0.25) is 0 Å². The van der Waals surface area contributed by atoms with Crippen molar-refractivity contribution in [2.45, 2.75) is 25.7 Å². The van der Waals surface area contributed by atoms with Crippen LogP contribution in [-0.2, 0) is 10.0 Å². The molecule has 1 amide bonds. The smallest absolute Gasteiger partial charge is 0.261 e. The van der Waals surface area contributed by atoms with Gasteiger partial charge in [-0.15, -0.1) is 11.3 Å². The second kappa shape index (κ2) is 5.16. The zero-order chi connectivity index (χ0) is 13.2. The van der Waals surface area contributed by atoms with Gasteiger partial charge in [0, 0.05) is 11.4 Å². The molecule has 7 heteroatoms.